The number of hydrogen-bond donors (Lipinski definition) is 1. The van der Waals surface area contributed by atoms with Crippen LogP contribution < -0.4 is 9.64 Å². The predicted octanol–water partition coefficient (Wildman–Crippen LogP) is 4.35. The van der Waals surface area contributed by atoms with Crippen molar-refractivity contribution in [3.8, 4) is 18.1 Å². The largest absolute Gasteiger partial charge is 0.479 e. The Morgan fingerprint density at radius 3 is 2.35 bits per heavy atom. The van der Waals surface area contributed by atoms with Gasteiger partial charge in [-0.2, -0.15) is 8.78 Å². The van der Waals surface area contributed by atoms with Gasteiger partial charge < -0.3 is 9.84 Å². The summed E-state index contributed by atoms with van der Waals surface area (Å²) in [6, 6.07) is 2.28. The molecule has 2 rings (SSSR count). The Balaban J connectivity index is 2.61. The van der Waals surface area contributed by atoms with Gasteiger partial charge >= 0.3 is 18.5 Å². The fraction of sp³-hybridized carbons (Fsp3) is 0.412. The maximum absolute atomic E-state index is 12.4. The maximum atomic E-state index is 12.4. The standard InChI is InChI=1S/C17H15Cl2F2NO4/c1-2-12(23)22(17(15(24)25)8-4-3-5-9-17)10-6-7-11(26-16(20)21)14(19)13(10)18/h1,6-7,16H,3-5,8-9H2,(H,24,25). The summed E-state index contributed by atoms with van der Waals surface area (Å²) >= 11 is 12.1. The molecule has 1 fully saturated rings. The molecule has 0 atom stereocenters. The van der Waals surface area contributed by atoms with E-state index in [1.54, 1.807) is 0 Å². The van der Waals surface area contributed by atoms with Gasteiger partial charge in [0.05, 0.1) is 10.7 Å². The van der Waals surface area contributed by atoms with Crippen molar-refractivity contribution in [1.82, 2.24) is 0 Å². The molecule has 1 aliphatic rings. The van der Waals surface area contributed by atoms with Gasteiger partial charge in [-0.25, -0.2) is 4.79 Å². The lowest BCUT2D eigenvalue weighted by atomic mass is 9.79. The summed E-state index contributed by atoms with van der Waals surface area (Å²) in [5, 5.41) is 9.18. The van der Waals surface area contributed by atoms with Crippen LogP contribution in [-0.2, 0) is 9.59 Å². The minimum absolute atomic E-state index is 0.0643. The number of halogens is 4. The molecule has 0 aromatic heterocycles. The molecule has 0 bridgehead atoms. The van der Waals surface area contributed by atoms with Gasteiger partial charge in [-0.15, -0.1) is 6.42 Å². The van der Waals surface area contributed by atoms with E-state index in [0.29, 0.717) is 12.8 Å². The van der Waals surface area contributed by atoms with E-state index in [0.717, 1.165) is 17.4 Å². The summed E-state index contributed by atoms with van der Waals surface area (Å²) in [5.74, 6) is -0.616. The third-order valence-electron chi connectivity index (χ3n) is 4.32. The minimum atomic E-state index is -3.12. The molecule has 0 saturated heterocycles. The first kappa shape index (κ1) is 20.3. The quantitative estimate of drug-likeness (QED) is 0.739. The smallest absolute Gasteiger partial charge is 0.387 e. The first-order valence-corrected chi connectivity index (χ1v) is 8.47. The summed E-state index contributed by atoms with van der Waals surface area (Å²) < 4.78 is 29.1. The number of benzene rings is 1. The van der Waals surface area contributed by atoms with Crippen molar-refractivity contribution >= 4 is 40.8 Å². The highest BCUT2D eigenvalue weighted by Crippen LogP contribution is 2.45. The Hall–Kier alpha value is -2.04. The Labute approximate surface area is 158 Å². The van der Waals surface area contributed by atoms with E-state index < -0.39 is 29.8 Å². The molecule has 140 valence electrons. The van der Waals surface area contributed by atoms with E-state index in [4.69, 9.17) is 29.6 Å². The number of hydrogen-bond acceptors (Lipinski definition) is 3. The highest BCUT2D eigenvalue weighted by Gasteiger charge is 2.48. The van der Waals surface area contributed by atoms with Gasteiger partial charge in [-0.05, 0) is 30.9 Å². The lowest BCUT2D eigenvalue weighted by Crippen LogP contribution is -2.58. The second kappa shape index (κ2) is 8.11. The monoisotopic (exact) mass is 405 g/mol. The first-order chi connectivity index (χ1) is 12.2. The van der Waals surface area contributed by atoms with E-state index in [1.165, 1.54) is 6.07 Å². The lowest BCUT2D eigenvalue weighted by Gasteiger charge is -2.42. The number of carbonyl (C=O) groups is 2. The highest BCUT2D eigenvalue weighted by atomic mass is 35.5. The number of alkyl halides is 2. The number of nitrogens with zero attached hydrogens (tertiary/aromatic N) is 1. The number of carbonyl (C=O) groups excluding carboxylic acids is 1. The zero-order valence-corrected chi connectivity index (χ0v) is 15.0. The lowest BCUT2D eigenvalue weighted by molar-refractivity contribution is -0.146. The van der Waals surface area contributed by atoms with Gasteiger partial charge in [0, 0.05) is 0 Å². The molecule has 5 nitrogen and oxygen atoms in total. The average Bonchev–Trinajstić information content (AvgIpc) is 2.61. The van der Waals surface area contributed by atoms with Crippen LogP contribution in [0.15, 0.2) is 12.1 Å². The van der Waals surface area contributed by atoms with Crippen molar-refractivity contribution in [3.05, 3.63) is 22.2 Å². The number of amides is 1. The van der Waals surface area contributed by atoms with Crippen molar-refractivity contribution in [3.63, 3.8) is 0 Å². The summed E-state index contributed by atoms with van der Waals surface area (Å²) in [6.07, 6.45) is 7.57. The van der Waals surface area contributed by atoms with Crippen LogP contribution in [0.25, 0.3) is 0 Å². The van der Waals surface area contributed by atoms with E-state index in [2.05, 4.69) is 4.74 Å². The average molecular weight is 406 g/mol. The van der Waals surface area contributed by atoms with Crippen LogP contribution in [0, 0.1) is 12.3 Å². The number of rotatable bonds is 5. The van der Waals surface area contributed by atoms with Crippen LogP contribution in [0.3, 0.4) is 0 Å². The SMILES string of the molecule is C#CC(=O)N(c1ccc(OC(F)F)c(Cl)c1Cl)C1(C(=O)O)CCCCC1. The van der Waals surface area contributed by atoms with Crippen LogP contribution in [-0.4, -0.2) is 29.1 Å². The number of terminal acetylenes is 1. The molecular formula is C17H15Cl2F2NO4. The van der Waals surface area contributed by atoms with Crippen LogP contribution in [0.2, 0.25) is 10.0 Å². The molecule has 1 saturated carbocycles. The Bertz CT molecular complexity index is 758. The maximum Gasteiger partial charge on any atom is 0.387 e. The first-order valence-electron chi connectivity index (χ1n) is 7.71. The number of ether oxygens (including phenoxy) is 1. The van der Waals surface area contributed by atoms with Gasteiger partial charge in [0.2, 0.25) is 0 Å². The molecule has 0 aliphatic heterocycles. The van der Waals surface area contributed by atoms with Gasteiger partial charge in [-0.3, -0.25) is 9.69 Å². The van der Waals surface area contributed by atoms with Crippen molar-refractivity contribution in [1.29, 1.82) is 0 Å². The fourth-order valence-electron chi connectivity index (χ4n) is 3.15. The van der Waals surface area contributed by atoms with Crippen LogP contribution in [0.5, 0.6) is 5.75 Å². The fourth-order valence-corrected chi connectivity index (χ4v) is 3.59. The third kappa shape index (κ3) is 3.71. The summed E-state index contributed by atoms with van der Waals surface area (Å²) in [4.78, 5) is 25.4. The van der Waals surface area contributed by atoms with Gasteiger partial charge in [0.1, 0.15) is 16.3 Å². The van der Waals surface area contributed by atoms with Gasteiger partial charge in [0.25, 0.3) is 0 Å². The predicted molar refractivity (Wildman–Crippen MR) is 92.9 cm³/mol. The zero-order valence-electron chi connectivity index (χ0n) is 13.5. The van der Waals surface area contributed by atoms with E-state index in [1.807, 2.05) is 5.92 Å². The number of carboxylic acid groups (broad SMARTS) is 1. The van der Waals surface area contributed by atoms with Crippen molar-refractivity contribution in [2.24, 2.45) is 0 Å². The molecular weight excluding hydrogens is 391 g/mol. The van der Waals surface area contributed by atoms with Gasteiger partial charge in [0.15, 0.2) is 0 Å². The molecule has 1 aromatic carbocycles. The van der Waals surface area contributed by atoms with E-state index in [-0.39, 0.29) is 28.6 Å². The second-order valence-corrected chi connectivity index (χ2v) is 6.53. The second-order valence-electron chi connectivity index (χ2n) is 5.77. The number of anilines is 1. The van der Waals surface area contributed by atoms with Crippen LogP contribution in [0.1, 0.15) is 32.1 Å². The molecule has 0 radical (unpaired) electrons. The number of aliphatic carboxylic acids is 1. The normalized spacial score (nSPS) is 16.0. The molecule has 1 amide bonds. The molecule has 0 spiro atoms. The Kier molecular flexibility index (Phi) is 6.32. The molecule has 9 heteroatoms. The zero-order chi connectivity index (χ0) is 19.5. The van der Waals surface area contributed by atoms with E-state index >= 15 is 0 Å². The van der Waals surface area contributed by atoms with Crippen LogP contribution >= 0.6 is 23.2 Å². The summed E-state index contributed by atoms with van der Waals surface area (Å²) in [7, 11) is 0. The molecule has 1 aliphatic carbocycles. The van der Waals surface area contributed by atoms with Crippen molar-refractivity contribution < 1.29 is 28.2 Å². The Morgan fingerprint density at radius 1 is 1.23 bits per heavy atom. The van der Waals surface area contributed by atoms with Gasteiger partial charge in [-0.1, -0.05) is 42.5 Å². The van der Waals surface area contributed by atoms with Crippen LogP contribution in [0.4, 0.5) is 14.5 Å². The molecule has 1 N–H and O–H groups in total. The highest BCUT2D eigenvalue weighted by molar-refractivity contribution is 6.45. The minimum Gasteiger partial charge on any atom is -0.479 e. The van der Waals surface area contributed by atoms with E-state index in [9.17, 15) is 23.5 Å². The van der Waals surface area contributed by atoms with Crippen molar-refractivity contribution in [2.75, 3.05) is 4.90 Å². The Morgan fingerprint density at radius 2 is 1.85 bits per heavy atom. The number of carboxylic acids is 1. The molecule has 1 aromatic rings. The molecule has 26 heavy (non-hydrogen) atoms. The summed E-state index contributed by atoms with van der Waals surface area (Å²) in [5.41, 5.74) is -1.65. The summed E-state index contributed by atoms with van der Waals surface area (Å²) in [6.45, 7) is -3.12. The molecule has 0 unspecified atom stereocenters. The molecule has 0 heterocycles. The van der Waals surface area contributed by atoms with Crippen molar-refractivity contribution in [2.45, 2.75) is 44.3 Å². The third-order valence-corrected chi connectivity index (χ3v) is 5.17. The topological polar surface area (TPSA) is 66.8 Å².